The predicted molar refractivity (Wildman–Crippen MR) is 57.0 cm³/mol. The molecule has 82 valence electrons. The molecule has 0 aromatic heterocycles. The molecule has 1 unspecified atom stereocenters. The molecule has 0 saturated heterocycles. The Labute approximate surface area is 92.6 Å². The number of likely N-dealkylation sites (N-methyl/N-ethyl adjacent to an activating group) is 1. The molecule has 5 heteroatoms. The van der Waals surface area contributed by atoms with Crippen molar-refractivity contribution in [3.05, 3.63) is 34.6 Å². The maximum atomic E-state index is 13.4. The van der Waals surface area contributed by atoms with E-state index >= 15 is 0 Å². The molecule has 1 rings (SSSR count). The number of nitrogens with zero attached hydrogens (tertiary/aromatic N) is 1. The molecule has 0 bridgehead atoms. The van der Waals surface area contributed by atoms with Gasteiger partial charge in [-0.1, -0.05) is 11.6 Å². The van der Waals surface area contributed by atoms with Gasteiger partial charge in [-0.15, -0.1) is 0 Å². The number of amides is 1. The van der Waals surface area contributed by atoms with Crippen molar-refractivity contribution in [2.24, 2.45) is 5.73 Å². The van der Waals surface area contributed by atoms with Crippen molar-refractivity contribution in [1.29, 1.82) is 0 Å². The van der Waals surface area contributed by atoms with Crippen LogP contribution in [0.1, 0.15) is 11.6 Å². The van der Waals surface area contributed by atoms with Gasteiger partial charge in [0.05, 0.1) is 0 Å². The van der Waals surface area contributed by atoms with Gasteiger partial charge in [-0.25, -0.2) is 4.39 Å². The average molecular weight is 231 g/mol. The van der Waals surface area contributed by atoms with Gasteiger partial charge < -0.3 is 5.73 Å². The molecule has 3 nitrogen and oxygen atoms in total. The van der Waals surface area contributed by atoms with E-state index in [4.69, 9.17) is 17.3 Å². The number of benzene rings is 1. The standard InChI is InChI=1S/C10H12ClFN2O/c1-14(2)9(10(13)15)7-5-6(11)3-4-8(7)12/h3-5,9H,1-2H3,(H2,13,15). The van der Waals surface area contributed by atoms with Crippen LogP contribution in [0.15, 0.2) is 18.2 Å². The molecule has 0 radical (unpaired) electrons. The first-order valence-electron chi connectivity index (χ1n) is 4.34. The molecule has 0 aliphatic heterocycles. The minimum absolute atomic E-state index is 0.194. The van der Waals surface area contributed by atoms with Crippen LogP contribution in [-0.2, 0) is 4.79 Å². The summed E-state index contributed by atoms with van der Waals surface area (Å²) < 4.78 is 13.4. The lowest BCUT2D eigenvalue weighted by Gasteiger charge is -2.21. The van der Waals surface area contributed by atoms with Crippen LogP contribution in [-0.4, -0.2) is 24.9 Å². The molecule has 0 fully saturated rings. The summed E-state index contributed by atoms with van der Waals surface area (Å²) in [5, 5.41) is 0.375. The van der Waals surface area contributed by atoms with E-state index in [1.807, 2.05) is 0 Å². The van der Waals surface area contributed by atoms with E-state index in [2.05, 4.69) is 0 Å². The van der Waals surface area contributed by atoms with Gasteiger partial charge in [0.1, 0.15) is 11.9 Å². The highest BCUT2D eigenvalue weighted by molar-refractivity contribution is 6.30. The third-order valence-corrected chi connectivity index (χ3v) is 2.27. The third-order valence-electron chi connectivity index (χ3n) is 2.04. The Morgan fingerprint density at radius 2 is 2.13 bits per heavy atom. The Kier molecular flexibility index (Phi) is 3.66. The van der Waals surface area contributed by atoms with Gasteiger partial charge in [0, 0.05) is 10.6 Å². The quantitative estimate of drug-likeness (QED) is 0.857. The highest BCUT2D eigenvalue weighted by atomic mass is 35.5. The molecule has 1 amide bonds. The van der Waals surface area contributed by atoms with Crippen molar-refractivity contribution < 1.29 is 9.18 Å². The predicted octanol–water partition coefficient (Wildman–Crippen LogP) is 1.57. The van der Waals surface area contributed by atoms with Crippen molar-refractivity contribution in [2.75, 3.05) is 14.1 Å². The number of rotatable bonds is 3. The smallest absolute Gasteiger partial charge is 0.239 e. The number of hydrogen-bond donors (Lipinski definition) is 1. The fourth-order valence-corrected chi connectivity index (χ4v) is 1.59. The van der Waals surface area contributed by atoms with Crippen molar-refractivity contribution in [1.82, 2.24) is 4.90 Å². The van der Waals surface area contributed by atoms with Crippen molar-refractivity contribution in [3.8, 4) is 0 Å². The summed E-state index contributed by atoms with van der Waals surface area (Å²) in [4.78, 5) is 12.7. The van der Waals surface area contributed by atoms with E-state index in [1.54, 1.807) is 14.1 Å². The summed E-state index contributed by atoms with van der Waals surface area (Å²) in [5.74, 6) is -1.10. The van der Waals surface area contributed by atoms with Crippen molar-refractivity contribution in [3.63, 3.8) is 0 Å². The molecule has 1 aromatic rings. The molecular weight excluding hydrogens is 219 g/mol. The maximum absolute atomic E-state index is 13.4. The summed E-state index contributed by atoms with van der Waals surface area (Å²) in [6.45, 7) is 0. The van der Waals surface area contributed by atoms with Crippen LogP contribution in [0.3, 0.4) is 0 Å². The van der Waals surface area contributed by atoms with E-state index in [9.17, 15) is 9.18 Å². The number of carbonyl (C=O) groups excluding carboxylic acids is 1. The summed E-state index contributed by atoms with van der Waals surface area (Å²) in [7, 11) is 3.30. The number of carbonyl (C=O) groups is 1. The molecule has 15 heavy (non-hydrogen) atoms. The van der Waals surface area contributed by atoms with E-state index < -0.39 is 17.8 Å². The first-order valence-corrected chi connectivity index (χ1v) is 4.72. The average Bonchev–Trinajstić information content (AvgIpc) is 2.10. The molecule has 0 heterocycles. The van der Waals surface area contributed by atoms with Gasteiger partial charge in [-0.2, -0.15) is 0 Å². The first kappa shape index (κ1) is 11.9. The van der Waals surface area contributed by atoms with Gasteiger partial charge in [-0.05, 0) is 32.3 Å². The second-order valence-electron chi connectivity index (χ2n) is 3.43. The third kappa shape index (κ3) is 2.67. The monoisotopic (exact) mass is 230 g/mol. The second kappa shape index (κ2) is 4.59. The van der Waals surface area contributed by atoms with Gasteiger partial charge in [0.15, 0.2) is 0 Å². The molecule has 0 saturated carbocycles. The normalized spacial score (nSPS) is 12.9. The summed E-state index contributed by atoms with van der Waals surface area (Å²) in [6.07, 6.45) is 0. The molecular formula is C10H12ClFN2O. The largest absolute Gasteiger partial charge is 0.368 e. The topological polar surface area (TPSA) is 46.3 Å². The zero-order valence-corrected chi connectivity index (χ0v) is 9.25. The van der Waals surface area contributed by atoms with E-state index in [0.717, 1.165) is 0 Å². The summed E-state index contributed by atoms with van der Waals surface area (Å²) in [6, 6.07) is 3.25. The van der Waals surface area contributed by atoms with Crippen LogP contribution in [0, 0.1) is 5.82 Å². The lowest BCUT2D eigenvalue weighted by atomic mass is 10.1. The van der Waals surface area contributed by atoms with Crippen LogP contribution in [0.25, 0.3) is 0 Å². The minimum Gasteiger partial charge on any atom is -0.368 e. The lowest BCUT2D eigenvalue weighted by molar-refractivity contribution is -0.122. The Balaban J connectivity index is 3.22. The highest BCUT2D eigenvalue weighted by Crippen LogP contribution is 2.24. The second-order valence-corrected chi connectivity index (χ2v) is 3.87. The van der Waals surface area contributed by atoms with Crippen LogP contribution in [0.2, 0.25) is 5.02 Å². The van der Waals surface area contributed by atoms with Crippen LogP contribution >= 0.6 is 11.6 Å². The zero-order valence-electron chi connectivity index (χ0n) is 8.50. The van der Waals surface area contributed by atoms with Crippen LogP contribution < -0.4 is 5.73 Å². The van der Waals surface area contributed by atoms with Gasteiger partial charge in [-0.3, -0.25) is 9.69 Å². The summed E-state index contributed by atoms with van der Waals surface area (Å²) >= 11 is 5.73. The molecule has 0 spiro atoms. The van der Waals surface area contributed by atoms with Crippen LogP contribution in [0.4, 0.5) is 4.39 Å². The SMILES string of the molecule is CN(C)C(C(N)=O)c1cc(Cl)ccc1F. The fourth-order valence-electron chi connectivity index (χ4n) is 1.41. The Morgan fingerprint density at radius 3 is 2.60 bits per heavy atom. The van der Waals surface area contributed by atoms with Gasteiger partial charge in [0.2, 0.25) is 5.91 Å². The number of halogens is 2. The maximum Gasteiger partial charge on any atom is 0.239 e. The first-order chi connectivity index (χ1) is 6.93. The summed E-state index contributed by atoms with van der Waals surface area (Å²) in [5.41, 5.74) is 5.39. The van der Waals surface area contributed by atoms with E-state index in [0.29, 0.717) is 5.02 Å². The van der Waals surface area contributed by atoms with E-state index in [1.165, 1.54) is 23.1 Å². The zero-order chi connectivity index (χ0) is 11.6. The van der Waals surface area contributed by atoms with E-state index in [-0.39, 0.29) is 5.56 Å². The van der Waals surface area contributed by atoms with Crippen molar-refractivity contribution in [2.45, 2.75) is 6.04 Å². The van der Waals surface area contributed by atoms with Gasteiger partial charge >= 0.3 is 0 Å². The fraction of sp³-hybridized carbons (Fsp3) is 0.300. The number of nitrogens with two attached hydrogens (primary N) is 1. The minimum atomic E-state index is -0.802. The van der Waals surface area contributed by atoms with Crippen molar-refractivity contribution >= 4 is 17.5 Å². The Bertz CT molecular complexity index is 382. The van der Waals surface area contributed by atoms with Gasteiger partial charge in [0.25, 0.3) is 0 Å². The molecule has 1 atom stereocenters. The number of hydrogen-bond acceptors (Lipinski definition) is 2. The molecule has 1 aromatic carbocycles. The lowest BCUT2D eigenvalue weighted by Crippen LogP contribution is -2.33. The molecule has 2 N–H and O–H groups in total. The molecule has 0 aliphatic carbocycles. The van der Waals surface area contributed by atoms with Crippen LogP contribution in [0.5, 0.6) is 0 Å². The Morgan fingerprint density at radius 1 is 1.53 bits per heavy atom. The highest BCUT2D eigenvalue weighted by Gasteiger charge is 2.23. The molecule has 0 aliphatic rings. The Hall–Kier alpha value is -1.13. The number of primary amides is 1.